The maximum atomic E-state index is 11.9. The number of hydrogen-bond donors (Lipinski definition) is 1. The van der Waals surface area contributed by atoms with Crippen molar-refractivity contribution in [1.29, 1.82) is 0 Å². The third-order valence-corrected chi connectivity index (χ3v) is 3.26. The van der Waals surface area contributed by atoms with E-state index in [-0.39, 0.29) is 11.9 Å². The quantitative estimate of drug-likeness (QED) is 0.800. The molecule has 1 atom stereocenters. The second kappa shape index (κ2) is 5.67. The van der Waals surface area contributed by atoms with Crippen molar-refractivity contribution in [2.45, 2.75) is 70.9 Å². The van der Waals surface area contributed by atoms with Crippen molar-refractivity contribution in [1.82, 2.24) is 4.90 Å². The van der Waals surface area contributed by atoms with Crippen molar-refractivity contribution in [3.63, 3.8) is 0 Å². The lowest BCUT2D eigenvalue weighted by atomic mass is 9.96. The van der Waals surface area contributed by atoms with Crippen LogP contribution in [0.1, 0.15) is 59.3 Å². The number of hydrogen-bond acceptors (Lipinski definition) is 2. The fourth-order valence-corrected chi connectivity index (χ4v) is 2.44. The van der Waals surface area contributed by atoms with E-state index in [2.05, 4.69) is 6.92 Å². The van der Waals surface area contributed by atoms with Gasteiger partial charge >= 0.3 is 0 Å². The lowest BCUT2D eigenvalue weighted by molar-refractivity contribution is -0.134. The van der Waals surface area contributed by atoms with Gasteiger partial charge in [-0.05, 0) is 39.5 Å². The Morgan fingerprint density at radius 2 is 2.06 bits per heavy atom. The van der Waals surface area contributed by atoms with Crippen molar-refractivity contribution in [2.75, 3.05) is 6.54 Å². The molecule has 0 aromatic rings. The molecule has 94 valence electrons. The predicted molar refractivity (Wildman–Crippen MR) is 65.2 cm³/mol. The summed E-state index contributed by atoms with van der Waals surface area (Å²) in [4.78, 5) is 13.9. The summed E-state index contributed by atoms with van der Waals surface area (Å²) in [5.41, 5.74) is -0.687. The van der Waals surface area contributed by atoms with E-state index in [1.165, 1.54) is 0 Å². The number of carbonyl (C=O) groups excluding carboxylic acids is 1. The Bertz CT molecular complexity index is 233. The molecule has 3 nitrogen and oxygen atoms in total. The van der Waals surface area contributed by atoms with Crippen LogP contribution in [-0.4, -0.2) is 34.1 Å². The zero-order valence-electron chi connectivity index (χ0n) is 10.8. The van der Waals surface area contributed by atoms with Crippen LogP contribution >= 0.6 is 0 Å². The summed E-state index contributed by atoms with van der Waals surface area (Å²) in [6.07, 6.45) is 5.57. The van der Waals surface area contributed by atoms with Gasteiger partial charge < -0.3 is 10.0 Å². The van der Waals surface area contributed by atoms with Gasteiger partial charge in [0.15, 0.2) is 0 Å². The largest absolute Gasteiger partial charge is 0.390 e. The molecule has 0 aromatic carbocycles. The molecular weight excluding hydrogens is 202 g/mol. The number of aliphatic hydroxyl groups is 1. The monoisotopic (exact) mass is 227 g/mol. The molecule has 0 bridgehead atoms. The third kappa shape index (κ3) is 4.12. The molecule has 1 aliphatic rings. The Morgan fingerprint density at radius 3 is 2.62 bits per heavy atom. The highest BCUT2D eigenvalue weighted by Crippen LogP contribution is 2.22. The van der Waals surface area contributed by atoms with E-state index in [0.29, 0.717) is 12.8 Å². The molecule has 0 spiro atoms. The SMILES string of the molecule is CCC(CC(C)(C)O)N1CCCCCC1=O. The van der Waals surface area contributed by atoms with E-state index >= 15 is 0 Å². The normalized spacial score (nSPS) is 20.8. The van der Waals surface area contributed by atoms with Gasteiger partial charge in [-0.25, -0.2) is 0 Å². The number of rotatable bonds is 4. The Balaban J connectivity index is 2.65. The summed E-state index contributed by atoms with van der Waals surface area (Å²) < 4.78 is 0. The lowest BCUT2D eigenvalue weighted by Gasteiger charge is -2.34. The van der Waals surface area contributed by atoms with Crippen molar-refractivity contribution in [3.05, 3.63) is 0 Å². The van der Waals surface area contributed by atoms with Gasteiger partial charge in [-0.2, -0.15) is 0 Å². The van der Waals surface area contributed by atoms with E-state index in [1.807, 2.05) is 18.7 Å². The first kappa shape index (κ1) is 13.5. The summed E-state index contributed by atoms with van der Waals surface area (Å²) in [7, 11) is 0. The van der Waals surface area contributed by atoms with E-state index in [1.54, 1.807) is 0 Å². The smallest absolute Gasteiger partial charge is 0.222 e. The molecule has 1 N–H and O–H groups in total. The second-order valence-electron chi connectivity index (χ2n) is 5.48. The van der Waals surface area contributed by atoms with Crippen LogP contribution in [0.15, 0.2) is 0 Å². The van der Waals surface area contributed by atoms with Gasteiger partial charge in [-0.15, -0.1) is 0 Å². The molecule has 0 aliphatic carbocycles. The molecule has 3 heteroatoms. The molecule has 1 aliphatic heterocycles. The van der Waals surface area contributed by atoms with E-state index < -0.39 is 5.60 Å². The highest BCUT2D eigenvalue weighted by Gasteiger charge is 2.28. The van der Waals surface area contributed by atoms with Crippen LogP contribution in [0, 0.1) is 0 Å². The highest BCUT2D eigenvalue weighted by atomic mass is 16.3. The Labute approximate surface area is 98.8 Å². The van der Waals surface area contributed by atoms with Crippen LogP contribution in [0.5, 0.6) is 0 Å². The average Bonchev–Trinajstić information content (AvgIpc) is 2.38. The maximum Gasteiger partial charge on any atom is 0.222 e. The Hall–Kier alpha value is -0.570. The minimum Gasteiger partial charge on any atom is -0.390 e. The molecule has 16 heavy (non-hydrogen) atoms. The Morgan fingerprint density at radius 1 is 1.38 bits per heavy atom. The molecule has 0 aromatic heterocycles. The van der Waals surface area contributed by atoms with E-state index in [4.69, 9.17) is 0 Å². The fourth-order valence-electron chi connectivity index (χ4n) is 2.44. The summed E-state index contributed by atoms with van der Waals surface area (Å²) in [5.74, 6) is 0.272. The van der Waals surface area contributed by atoms with Gasteiger partial charge in [0.2, 0.25) is 5.91 Å². The molecule has 1 unspecified atom stereocenters. The number of carbonyl (C=O) groups is 1. The van der Waals surface area contributed by atoms with Crippen molar-refractivity contribution in [2.24, 2.45) is 0 Å². The van der Waals surface area contributed by atoms with Crippen LogP contribution in [0.4, 0.5) is 0 Å². The molecule has 0 saturated carbocycles. The van der Waals surface area contributed by atoms with Crippen LogP contribution in [0.3, 0.4) is 0 Å². The van der Waals surface area contributed by atoms with Crippen LogP contribution in [0.2, 0.25) is 0 Å². The molecule has 1 fully saturated rings. The van der Waals surface area contributed by atoms with Crippen LogP contribution in [-0.2, 0) is 4.79 Å². The molecular formula is C13H25NO2. The molecule has 1 saturated heterocycles. The topological polar surface area (TPSA) is 40.5 Å². The molecule has 0 radical (unpaired) electrons. The lowest BCUT2D eigenvalue weighted by Crippen LogP contribution is -2.43. The van der Waals surface area contributed by atoms with E-state index in [9.17, 15) is 9.90 Å². The summed E-state index contributed by atoms with van der Waals surface area (Å²) in [5, 5.41) is 9.87. The van der Waals surface area contributed by atoms with Crippen LogP contribution in [0.25, 0.3) is 0 Å². The fraction of sp³-hybridized carbons (Fsp3) is 0.923. The van der Waals surface area contributed by atoms with Crippen molar-refractivity contribution < 1.29 is 9.90 Å². The first-order valence-corrected chi connectivity index (χ1v) is 6.46. The van der Waals surface area contributed by atoms with Crippen molar-refractivity contribution in [3.8, 4) is 0 Å². The minimum atomic E-state index is -0.687. The zero-order valence-corrected chi connectivity index (χ0v) is 10.8. The highest BCUT2D eigenvalue weighted by molar-refractivity contribution is 5.76. The standard InChI is InChI=1S/C13H25NO2/c1-4-11(10-13(2,3)16)14-9-7-5-6-8-12(14)15/h11,16H,4-10H2,1-3H3. The van der Waals surface area contributed by atoms with Gasteiger partial charge in [0.25, 0.3) is 0 Å². The maximum absolute atomic E-state index is 11.9. The molecule has 1 rings (SSSR count). The van der Waals surface area contributed by atoms with Crippen LogP contribution < -0.4 is 0 Å². The number of likely N-dealkylation sites (tertiary alicyclic amines) is 1. The van der Waals surface area contributed by atoms with Crippen molar-refractivity contribution >= 4 is 5.91 Å². The minimum absolute atomic E-state index is 0.200. The van der Waals surface area contributed by atoms with Gasteiger partial charge in [0.05, 0.1) is 5.60 Å². The number of nitrogens with zero attached hydrogens (tertiary/aromatic N) is 1. The average molecular weight is 227 g/mol. The van der Waals surface area contributed by atoms with Gasteiger partial charge in [-0.3, -0.25) is 4.79 Å². The van der Waals surface area contributed by atoms with Gasteiger partial charge in [-0.1, -0.05) is 13.3 Å². The molecule has 1 heterocycles. The summed E-state index contributed by atoms with van der Waals surface area (Å²) in [6, 6.07) is 0.200. The number of amides is 1. The Kier molecular flexibility index (Phi) is 4.78. The predicted octanol–water partition coefficient (Wildman–Crippen LogP) is 2.33. The molecule has 1 amide bonds. The second-order valence-corrected chi connectivity index (χ2v) is 5.48. The first-order valence-electron chi connectivity index (χ1n) is 6.46. The third-order valence-electron chi connectivity index (χ3n) is 3.26. The summed E-state index contributed by atoms with van der Waals surface area (Å²) in [6.45, 7) is 6.60. The summed E-state index contributed by atoms with van der Waals surface area (Å²) >= 11 is 0. The zero-order chi connectivity index (χ0) is 12.2. The van der Waals surface area contributed by atoms with Gasteiger partial charge in [0, 0.05) is 19.0 Å². The van der Waals surface area contributed by atoms with E-state index in [0.717, 1.165) is 32.2 Å². The first-order chi connectivity index (χ1) is 7.44. The van der Waals surface area contributed by atoms with Gasteiger partial charge in [0.1, 0.15) is 0 Å².